The third-order valence-electron chi connectivity index (χ3n) is 5.40. The second-order valence-corrected chi connectivity index (χ2v) is 8.14. The van der Waals surface area contributed by atoms with Crippen LogP contribution in [0.15, 0.2) is 48.5 Å². The lowest BCUT2D eigenvalue weighted by atomic mass is 9.98. The third kappa shape index (κ3) is 5.41. The molecule has 0 spiro atoms. The van der Waals surface area contributed by atoms with E-state index in [4.69, 9.17) is 16.3 Å². The molecule has 1 saturated heterocycles. The van der Waals surface area contributed by atoms with E-state index in [1.54, 1.807) is 31.2 Å². The molecular weight excluding hydrogens is 372 g/mol. The molecule has 0 radical (unpaired) electrons. The van der Waals surface area contributed by atoms with Crippen LogP contribution in [0.4, 0.5) is 5.69 Å². The Bertz CT molecular complexity index is 768. The Kier molecular flexibility index (Phi) is 6.84. The molecule has 0 aromatic heterocycles. The number of hydrogen-bond donors (Lipinski definition) is 1. The third-order valence-corrected chi connectivity index (χ3v) is 5.65. The summed E-state index contributed by atoms with van der Waals surface area (Å²) in [5, 5.41) is 3.67. The Morgan fingerprint density at radius 3 is 2.29 bits per heavy atom. The molecule has 1 N–H and O–H groups in total. The second kappa shape index (κ2) is 9.33. The summed E-state index contributed by atoms with van der Waals surface area (Å²) >= 11 is 5.88. The molecule has 1 fully saturated rings. The average molecular weight is 401 g/mol. The van der Waals surface area contributed by atoms with Gasteiger partial charge in [-0.3, -0.25) is 4.79 Å². The normalized spacial score (nSPS) is 17.1. The van der Waals surface area contributed by atoms with Crippen molar-refractivity contribution < 1.29 is 9.53 Å². The van der Waals surface area contributed by atoms with Crippen LogP contribution in [0.5, 0.6) is 5.75 Å². The summed E-state index contributed by atoms with van der Waals surface area (Å²) in [6, 6.07) is 15.4. The number of benzene rings is 2. The Balaban J connectivity index is 1.53. The number of nitrogens with zero attached hydrogens (tertiary/aromatic N) is 1. The van der Waals surface area contributed by atoms with E-state index < -0.39 is 6.10 Å². The lowest BCUT2D eigenvalue weighted by molar-refractivity contribution is -0.127. The molecule has 1 heterocycles. The fourth-order valence-electron chi connectivity index (χ4n) is 3.43. The summed E-state index contributed by atoms with van der Waals surface area (Å²) < 4.78 is 5.70. The number of anilines is 1. The monoisotopic (exact) mass is 400 g/mol. The van der Waals surface area contributed by atoms with E-state index in [-0.39, 0.29) is 11.9 Å². The maximum absolute atomic E-state index is 12.5. The Hall–Kier alpha value is -2.20. The van der Waals surface area contributed by atoms with E-state index in [2.05, 4.69) is 41.4 Å². The van der Waals surface area contributed by atoms with Crippen LogP contribution in [0, 0.1) is 5.92 Å². The summed E-state index contributed by atoms with van der Waals surface area (Å²) in [6.45, 7) is 8.29. The van der Waals surface area contributed by atoms with Gasteiger partial charge in [0.25, 0.3) is 5.91 Å². The zero-order valence-corrected chi connectivity index (χ0v) is 17.6. The highest BCUT2D eigenvalue weighted by Gasteiger charge is 2.19. The van der Waals surface area contributed by atoms with Crippen molar-refractivity contribution in [1.82, 2.24) is 5.32 Å². The van der Waals surface area contributed by atoms with Gasteiger partial charge in [-0.2, -0.15) is 0 Å². The fraction of sp³-hybridized carbons (Fsp3) is 0.435. The van der Waals surface area contributed by atoms with Crippen molar-refractivity contribution in [3.05, 3.63) is 59.1 Å². The summed E-state index contributed by atoms with van der Waals surface area (Å²) in [5.74, 6) is 1.30. The van der Waals surface area contributed by atoms with Crippen LogP contribution in [-0.2, 0) is 4.79 Å². The van der Waals surface area contributed by atoms with Crippen LogP contribution >= 0.6 is 11.6 Å². The first-order valence-corrected chi connectivity index (χ1v) is 10.4. The van der Waals surface area contributed by atoms with E-state index in [1.165, 1.54) is 18.5 Å². The maximum atomic E-state index is 12.5. The van der Waals surface area contributed by atoms with Gasteiger partial charge in [-0.15, -0.1) is 0 Å². The molecule has 0 bridgehead atoms. The highest BCUT2D eigenvalue weighted by Crippen LogP contribution is 2.25. The molecular formula is C23H29ClN2O2. The van der Waals surface area contributed by atoms with Crippen LogP contribution in [0.2, 0.25) is 5.02 Å². The highest BCUT2D eigenvalue weighted by molar-refractivity contribution is 6.30. The van der Waals surface area contributed by atoms with Gasteiger partial charge in [-0.05, 0) is 74.6 Å². The summed E-state index contributed by atoms with van der Waals surface area (Å²) in [5.41, 5.74) is 2.34. The lowest BCUT2D eigenvalue weighted by Gasteiger charge is -2.32. The van der Waals surface area contributed by atoms with Gasteiger partial charge >= 0.3 is 0 Å². The number of amides is 1. The van der Waals surface area contributed by atoms with Crippen LogP contribution in [0.3, 0.4) is 0 Å². The molecule has 1 aliphatic heterocycles. The van der Waals surface area contributed by atoms with Crippen LogP contribution < -0.4 is 15.0 Å². The molecule has 0 saturated carbocycles. The number of rotatable bonds is 6. The smallest absolute Gasteiger partial charge is 0.261 e. The largest absolute Gasteiger partial charge is 0.481 e. The minimum Gasteiger partial charge on any atom is -0.481 e. The topological polar surface area (TPSA) is 41.6 Å². The van der Waals surface area contributed by atoms with Crippen LogP contribution in [0.1, 0.15) is 45.2 Å². The molecule has 3 rings (SSSR count). The fourth-order valence-corrected chi connectivity index (χ4v) is 3.55. The van der Waals surface area contributed by atoms with Gasteiger partial charge in [0.2, 0.25) is 0 Å². The van der Waals surface area contributed by atoms with Crippen LogP contribution in [-0.4, -0.2) is 25.1 Å². The Morgan fingerprint density at radius 1 is 1.07 bits per heavy atom. The van der Waals surface area contributed by atoms with Crippen molar-refractivity contribution >= 4 is 23.2 Å². The van der Waals surface area contributed by atoms with Crippen molar-refractivity contribution in [3.8, 4) is 5.75 Å². The van der Waals surface area contributed by atoms with Crippen molar-refractivity contribution in [2.24, 2.45) is 5.92 Å². The van der Waals surface area contributed by atoms with Crippen molar-refractivity contribution in [2.75, 3.05) is 18.0 Å². The molecule has 0 unspecified atom stereocenters. The molecule has 4 nitrogen and oxygen atoms in total. The number of halogens is 1. The van der Waals surface area contributed by atoms with Gasteiger partial charge in [-0.25, -0.2) is 0 Å². The molecule has 2 atom stereocenters. The molecule has 150 valence electrons. The Morgan fingerprint density at radius 2 is 1.68 bits per heavy atom. The van der Waals surface area contributed by atoms with Gasteiger partial charge in [0.1, 0.15) is 5.75 Å². The standard InChI is InChI=1S/C23H29ClN2O2/c1-16-12-14-26(15-13-16)21-8-4-19(5-9-21)17(2)25-23(27)18(3)28-22-10-6-20(24)7-11-22/h4-11,16-18H,12-15H2,1-3H3,(H,25,27)/t17-,18+/m1/s1. The zero-order chi connectivity index (χ0) is 20.1. The van der Waals surface area contributed by atoms with Gasteiger partial charge < -0.3 is 15.0 Å². The number of ether oxygens (including phenoxy) is 1. The van der Waals surface area contributed by atoms with Gasteiger partial charge in [0.05, 0.1) is 6.04 Å². The Labute approximate surface area is 172 Å². The SMILES string of the molecule is CC1CCN(c2ccc([C@@H](C)NC(=O)[C@H](C)Oc3ccc(Cl)cc3)cc2)CC1. The first kappa shape index (κ1) is 20.5. The van der Waals surface area contributed by atoms with Crippen molar-refractivity contribution in [3.63, 3.8) is 0 Å². The van der Waals surface area contributed by atoms with Crippen LogP contribution in [0.25, 0.3) is 0 Å². The number of carbonyl (C=O) groups is 1. The molecule has 28 heavy (non-hydrogen) atoms. The summed E-state index contributed by atoms with van der Waals surface area (Å²) in [6.07, 6.45) is 1.91. The van der Waals surface area contributed by atoms with Gasteiger partial charge in [0.15, 0.2) is 6.10 Å². The van der Waals surface area contributed by atoms with Crippen molar-refractivity contribution in [2.45, 2.75) is 45.8 Å². The summed E-state index contributed by atoms with van der Waals surface area (Å²) in [4.78, 5) is 14.9. The van der Waals surface area contributed by atoms with Gasteiger partial charge in [0, 0.05) is 23.8 Å². The first-order chi connectivity index (χ1) is 13.4. The minimum atomic E-state index is -0.585. The molecule has 2 aromatic carbocycles. The maximum Gasteiger partial charge on any atom is 0.261 e. The second-order valence-electron chi connectivity index (χ2n) is 7.71. The molecule has 5 heteroatoms. The highest BCUT2D eigenvalue weighted by atomic mass is 35.5. The molecule has 1 aliphatic rings. The van der Waals surface area contributed by atoms with E-state index in [0.717, 1.165) is 24.6 Å². The zero-order valence-electron chi connectivity index (χ0n) is 16.8. The minimum absolute atomic E-state index is 0.0841. The van der Waals surface area contributed by atoms with E-state index in [0.29, 0.717) is 10.8 Å². The number of hydrogen-bond acceptors (Lipinski definition) is 3. The number of nitrogens with one attached hydrogen (secondary N) is 1. The lowest BCUT2D eigenvalue weighted by Crippen LogP contribution is -2.37. The molecule has 2 aromatic rings. The van der Waals surface area contributed by atoms with E-state index in [1.807, 2.05) is 6.92 Å². The number of piperidine rings is 1. The molecule has 1 amide bonds. The van der Waals surface area contributed by atoms with E-state index >= 15 is 0 Å². The van der Waals surface area contributed by atoms with E-state index in [9.17, 15) is 4.79 Å². The van der Waals surface area contributed by atoms with Crippen molar-refractivity contribution in [1.29, 1.82) is 0 Å². The quantitative estimate of drug-likeness (QED) is 0.722. The number of carbonyl (C=O) groups excluding carboxylic acids is 1. The van der Waals surface area contributed by atoms with Gasteiger partial charge in [-0.1, -0.05) is 30.7 Å². The average Bonchev–Trinajstić information content (AvgIpc) is 2.70. The summed E-state index contributed by atoms with van der Waals surface area (Å²) in [7, 11) is 0. The predicted molar refractivity (Wildman–Crippen MR) is 115 cm³/mol. The molecule has 0 aliphatic carbocycles. The predicted octanol–water partition coefficient (Wildman–Crippen LogP) is 5.22. The first-order valence-electron chi connectivity index (χ1n) is 10.00.